The number of hydrogen-bond acceptors (Lipinski definition) is 4. The van der Waals surface area contributed by atoms with Crippen molar-refractivity contribution in [2.75, 3.05) is 40.0 Å². The second kappa shape index (κ2) is 10.9. The van der Waals surface area contributed by atoms with Crippen molar-refractivity contribution < 1.29 is 14.3 Å². The summed E-state index contributed by atoms with van der Waals surface area (Å²) in [5, 5.41) is 6.93. The molecule has 25 heavy (non-hydrogen) atoms. The molecule has 0 bridgehead atoms. The largest absolute Gasteiger partial charge is 0.493 e. The molecule has 2 rings (SSSR count). The van der Waals surface area contributed by atoms with Crippen molar-refractivity contribution >= 4 is 29.9 Å². The van der Waals surface area contributed by atoms with Gasteiger partial charge < -0.3 is 20.1 Å². The fourth-order valence-electron chi connectivity index (χ4n) is 3.02. The SMILES string of the molecule is CCCOc1ccc(Cl)cc1C(=O)NCC1(COC)CCNCC1.Cl. The highest BCUT2D eigenvalue weighted by Gasteiger charge is 2.32. The third kappa shape index (κ3) is 6.33. The van der Waals surface area contributed by atoms with E-state index in [1.54, 1.807) is 25.3 Å². The first kappa shape index (κ1) is 22.0. The highest BCUT2D eigenvalue weighted by molar-refractivity contribution is 6.31. The van der Waals surface area contributed by atoms with E-state index in [0.29, 0.717) is 36.1 Å². The molecule has 7 heteroatoms. The van der Waals surface area contributed by atoms with Crippen LogP contribution in [0, 0.1) is 5.41 Å². The molecule has 1 amide bonds. The first-order valence-corrected chi connectivity index (χ1v) is 8.88. The fraction of sp³-hybridized carbons (Fsp3) is 0.611. The third-order valence-corrected chi connectivity index (χ3v) is 4.62. The Bertz CT molecular complexity index is 544. The van der Waals surface area contributed by atoms with Crippen molar-refractivity contribution in [1.29, 1.82) is 0 Å². The van der Waals surface area contributed by atoms with E-state index in [1.165, 1.54) is 0 Å². The van der Waals surface area contributed by atoms with E-state index in [0.717, 1.165) is 32.4 Å². The minimum Gasteiger partial charge on any atom is -0.493 e. The van der Waals surface area contributed by atoms with Gasteiger partial charge in [0.1, 0.15) is 5.75 Å². The van der Waals surface area contributed by atoms with E-state index in [-0.39, 0.29) is 23.7 Å². The minimum atomic E-state index is -0.155. The Hall–Kier alpha value is -1.01. The number of amides is 1. The van der Waals surface area contributed by atoms with Crippen LogP contribution in [0.25, 0.3) is 0 Å². The molecule has 1 aromatic carbocycles. The maximum atomic E-state index is 12.7. The highest BCUT2D eigenvalue weighted by atomic mass is 35.5. The Morgan fingerprint density at radius 2 is 2.08 bits per heavy atom. The van der Waals surface area contributed by atoms with Crippen LogP contribution in [-0.4, -0.2) is 45.9 Å². The lowest BCUT2D eigenvalue weighted by Crippen LogP contribution is -2.47. The van der Waals surface area contributed by atoms with Gasteiger partial charge in [-0.3, -0.25) is 4.79 Å². The van der Waals surface area contributed by atoms with Crippen molar-refractivity contribution in [3.63, 3.8) is 0 Å². The van der Waals surface area contributed by atoms with E-state index in [9.17, 15) is 4.79 Å². The van der Waals surface area contributed by atoms with Crippen LogP contribution >= 0.6 is 24.0 Å². The predicted octanol–water partition coefficient (Wildman–Crippen LogP) is 3.30. The van der Waals surface area contributed by atoms with Crippen LogP contribution in [0.15, 0.2) is 18.2 Å². The summed E-state index contributed by atoms with van der Waals surface area (Å²) in [5.74, 6) is 0.419. The molecule has 0 unspecified atom stereocenters. The predicted molar refractivity (Wildman–Crippen MR) is 103 cm³/mol. The quantitative estimate of drug-likeness (QED) is 0.714. The molecule has 1 fully saturated rings. The van der Waals surface area contributed by atoms with Crippen molar-refractivity contribution in [3.8, 4) is 5.75 Å². The highest BCUT2D eigenvalue weighted by Crippen LogP contribution is 2.29. The minimum absolute atomic E-state index is 0. The van der Waals surface area contributed by atoms with Crippen LogP contribution in [0.2, 0.25) is 5.02 Å². The lowest BCUT2D eigenvalue weighted by molar-refractivity contribution is 0.0511. The molecule has 1 heterocycles. The van der Waals surface area contributed by atoms with Crippen LogP contribution in [0.5, 0.6) is 5.75 Å². The molecule has 2 N–H and O–H groups in total. The number of rotatable bonds is 8. The zero-order valence-corrected chi connectivity index (χ0v) is 16.5. The number of methoxy groups -OCH3 is 1. The summed E-state index contributed by atoms with van der Waals surface area (Å²) in [7, 11) is 1.71. The monoisotopic (exact) mass is 390 g/mol. The molecule has 0 spiro atoms. The second-order valence-electron chi connectivity index (χ2n) is 6.35. The van der Waals surface area contributed by atoms with Crippen LogP contribution in [-0.2, 0) is 4.74 Å². The molecule has 0 saturated carbocycles. The molecular formula is C18H28Cl2N2O3. The van der Waals surface area contributed by atoms with Crippen molar-refractivity contribution in [2.24, 2.45) is 5.41 Å². The maximum Gasteiger partial charge on any atom is 0.255 e. The number of hydrogen-bond donors (Lipinski definition) is 2. The van der Waals surface area contributed by atoms with Gasteiger partial charge in [-0.15, -0.1) is 12.4 Å². The van der Waals surface area contributed by atoms with Crippen molar-refractivity contribution in [1.82, 2.24) is 10.6 Å². The summed E-state index contributed by atoms with van der Waals surface area (Å²) in [5.41, 5.74) is 0.469. The molecule has 1 aliphatic rings. The van der Waals surface area contributed by atoms with Gasteiger partial charge in [0.05, 0.1) is 18.8 Å². The number of halogens is 2. The van der Waals surface area contributed by atoms with Crippen LogP contribution in [0.4, 0.5) is 0 Å². The van der Waals surface area contributed by atoms with Gasteiger partial charge in [0.2, 0.25) is 0 Å². The summed E-state index contributed by atoms with van der Waals surface area (Å²) in [4.78, 5) is 12.7. The molecule has 0 aliphatic carbocycles. The van der Waals surface area contributed by atoms with Crippen LogP contribution < -0.4 is 15.4 Å². The Morgan fingerprint density at radius 1 is 1.36 bits per heavy atom. The zero-order valence-electron chi connectivity index (χ0n) is 14.9. The Labute approximate surface area is 161 Å². The molecule has 1 aliphatic heterocycles. The van der Waals surface area contributed by atoms with Crippen LogP contribution in [0.3, 0.4) is 0 Å². The normalized spacial score (nSPS) is 16.0. The average Bonchev–Trinajstić information content (AvgIpc) is 2.60. The average molecular weight is 391 g/mol. The number of piperidine rings is 1. The molecule has 0 aromatic heterocycles. The van der Waals surface area contributed by atoms with Crippen molar-refractivity contribution in [2.45, 2.75) is 26.2 Å². The number of nitrogens with one attached hydrogen (secondary N) is 2. The van der Waals surface area contributed by atoms with Gasteiger partial charge in [-0.2, -0.15) is 0 Å². The number of benzene rings is 1. The van der Waals surface area contributed by atoms with Gasteiger partial charge in [0, 0.05) is 24.1 Å². The third-order valence-electron chi connectivity index (χ3n) is 4.39. The summed E-state index contributed by atoms with van der Waals surface area (Å²) in [6.45, 7) is 5.72. The molecule has 142 valence electrons. The zero-order chi connectivity index (χ0) is 17.4. The van der Waals surface area contributed by atoms with Crippen LogP contribution in [0.1, 0.15) is 36.5 Å². The topological polar surface area (TPSA) is 59.6 Å². The second-order valence-corrected chi connectivity index (χ2v) is 6.79. The first-order chi connectivity index (χ1) is 11.6. The summed E-state index contributed by atoms with van der Waals surface area (Å²) < 4.78 is 11.1. The Kier molecular flexibility index (Phi) is 9.57. The molecule has 5 nitrogen and oxygen atoms in total. The lowest BCUT2D eigenvalue weighted by Gasteiger charge is -2.37. The smallest absolute Gasteiger partial charge is 0.255 e. The lowest BCUT2D eigenvalue weighted by atomic mass is 9.79. The standard InChI is InChI=1S/C18H27ClN2O3.ClH/c1-3-10-24-16-5-4-14(19)11-15(16)17(22)21-12-18(13-23-2)6-8-20-9-7-18;/h4-5,11,20H,3,6-10,12-13H2,1-2H3,(H,21,22);1H. The van der Waals surface area contributed by atoms with Gasteiger partial charge in [0.15, 0.2) is 0 Å². The van der Waals surface area contributed by atoms with Gasteiger partial charge in [-0.1, -0.05) is 18.5 Å². The van der Waals surface area contributed by atoms with Gasteiger partial charge in [-0.25, -0.2) is 0 Å². The van der Waals surface area contributed by atoms with Gasteiger partial charge >= 0.3 is 0 Å². The summed E-state index contributed by atoms with van der Waals surface area (Å²) in [6, 6.07) is 5.15. The summed E-state index contributed by atoms with van der Waals surface area (Å²) >= 11 is 6.06. The first-order valence-electron chi connectivity index (χ1n) is 8.50. The Morgan fingerprint density at radius 3 is 2.72 bits per heavy atom. The number of ether oxygens (including phenoxy) is 2. The number of carbonyl (C=O) groups is 1. The summed E-state index contributed by atoms with van der Waals surface area (Å²) in [6.07, 6.45) is 2.85. The number of carbonyl (C=O) groups excluding carboxylic acids is 1. The maximum absolute atomic E-state index is 12.7. The van der Waals surface area contributed by atoms with E-state index >= 15 is 0 Å². The van der Waals surface area contributed by atoms with Crippen molar-refractivity contribution in [3.05, 3.63) is 28.8 Å². The van der Waals surface area contributed by atoms with Gasteiger partial charge in [-0.05, 0) is 50.6 Å². The Balaban J connectivity index is 0.00000312. The molecule has 1 aromatic rings. The van der Waals surface area contributed by atoms with E-state index < -0.39 is 0 Å². The molecule has 0 atom stereocenters. The fourth-order valence-corrected chi connectivity index (χ4v) is 3.19. The van der Waals surface area contributed by atoms with Gasteiger partial charge in [0.25, 0.3) is 5.91 Å². The molecule has 0 radical (unpaired) electrons. The van der Waals surface area contributed by atoms with E-state index in [2.05, 4.69) is 10.6 Å². The molecule has 1 saturated heterocycles. The van der Waals surface area contributed by atoms with E-state index in [1.807, 2.05) is 6.92 Å². The van der Waals surface area contributed by atoms with E-state index in [4.69, 9.17) is 21.1 Å². The molecular weight excluding hydrogens is 363 g/mol.